The van der Waals surface area contributed by atoms with Crippen molar-refractivity contribution in [3.63, 3.8) is 0 Å². The minimum absolute atomic E-state index is 0.0477. The second-order valence-electron chi connectivity index (χ2n) is 11.5. The predicted molar refractivity (Wildman–Crippen MR) is 150 cm³/mol. The van der Waals surface area contributed by atoms with E-state index in [1.165, 1.54) is 11.1 Å². The first-order valence-corrected chi connectivity index (χ1v) is 13.6. The maximum Gasteiger partial charge on any atom is 0.253 e. The van der Waals surface area contributed by atoms with Gasteiger partial charge in [0.15, 0.2) is 5.82 Å². The molecular formula is C31H37N5O2. The Morgan fingerprint density at radius 2 is 1.61 bits per heavy atom. The van der Waals surface area contributed by atoms with Gasteiger partial charge in [0.2, 0.25) is 5.91 Å². The van der Waals surface area contributed by atoms with E-state index in [9.17, 15) is 9.59 Å². The average molecular weight is 512 g/mol. The Morgan fingerprint density at radius 1 is 0.895 bits per heavy atom. The van der Waals surface area contributed by atoms with Crippen LogP contribution in [0.2, 0.25) is 0 Å². The molecule has 3 aromatic rings. The summed E-state index contributed by atoms with van der Waals surface area (Å²) in [6, 6.07) is 20.1. The molecule has 1 unspecified atom stereocenters. The first-order valence-electron chi connectivity index (χ1n) is 13.6. The Labute approximate surface area is 225 Å². The lowest BCUT2D eigenvalue weighted by Gasteiger charge is -2.32. The molecule has 1 aromatic heterocycles. The molecule has 2 fully saturated rings. The molecule has 0 saturated carbocycles. The van der Waals surface area contributed by atoms with Crippen LogP contribution in [0, 0.1) is 5.92 Å². The lowest BCUT2D eigenvalue weighted by Crippen LogP contribution is -2.37. The number of amides is 2. The molecule has 198 valence electrons. The zero-order valence-electron chi connectivity index (χ0n) is 22.6. The first-order chi connectivity index (χ1) is 18.3. The molecule has 1 N–H and O–H groups in total. The Kier molecular flexibility index (Phi) is 7.45. The minimum Gasteiger partial charge on any atom is -0.354 e. The summed E-state index contributed by atoms with van der Waals surface area (Å²) >= 11 is 0. The van der Waals surface area contributed by atoms with E-state index in [1.54, 1.807) is 6.20 Å². The molecule has 2 amide bonds. The molecule has 0 radical (unpaired) electrons. The van der Waals surface area contributed by atoms with Crippen LogP contribution >= 0.6 is 0 Å². The number of nitrogens with one attached hydrogen (secondary N) is 1. The van der Waals surface area contributed by atoms with E-state index in [1.807, 2.05) is 41.3 Å². The summed E-state index contributed by atoms with van der Waals surface area (Å²) in [5.74, 6) is 1.34. The molecule has 3 heterocycles. The van der Waals surface area contributed by atoms with E-state index >= 15 is 0 Å². The summed E-state index contributed by atoms with van der Waals surface area (Å²) < 4.78 is 0. The molecule has 2 aromatic carbocycles. The monoisotopic (exact) mass is 511 g/mol. The number of aromatic nitrogens is 2. The number of anilines is 2. The number of hydrogen-bond acceptors (Lipinski definition) is 5. The summed E-state index contributed by atoms with van der Waals surface area (Å²) in [5, 5.41) is 11.2. The van der Waals surface area contributed by atoms with E-state index < -0.39 is 0 Å². The molecule has 0 spiro atoms. The summed E-state index contributed by atoms with van der Waals surface area (Å²) in [5.41, 5.74) is 4.16. The number of carbonyl (C=O) groups excluding carboxylic acids is 2. The maximum absolute atomic E-state index is 13.0. The lowest BCUT2D eigenvalue weighted by molar-refractivity contribution is -0.119. The summed E-state index contributed by atoms with van der Waals surface area (Å²) in [7, 11) is 0. The highest BCUT2D eigenvalue weighted by atomic mass is 16.2. The fraction of sp³-hybridized carbons (Fsp3) is 0.419. The molecule has 5 rings (SSSR count). The molecule has 0 bridgehead atoms. The standard InChI is InChI=1S/C31H37N5O2/c1-31(2,3)26-10-6-24(7-11-26)30(38)35-18-14-23(15-19-35)22-8-12-27(13-9-22)33-29(37)25-16-20-36(21-25)28-5-4-17-32-34-28/h4-13,17,23,25H,14-16,18-21H2,1-3H3,(H,33,37). The highest BCUT2D eigenvalue weighted by Gasteiger charge is 2.29. The van der Waals surface area contributed by atoms with Crippen LogP contribution in [0.4, 0.5) is 11.5 Å². The van der Waals surface area contributed by atoms with Gasteiger partial charge in [-0.05, 0) is 78.1 Å². The van der Waals surface area contributed by atoms with Gasteiger partial charge < -0.3 is 15.1 Å². The van der Waals surface area contributed by atoms with Gasteiger partial charge in [-0.15, -0.1) is 5.10 Å². The zero-order valence-corrected chi connectivity index (χ0v) is 22.6. The molecule has 38 heavy (non-hydrogen) atoms. The third-order valence-electron chi connectivity index (χ3n) is 7.87. The SMILES string of the molecule is CC(C)(C)c1ccc(C(=O)N2CCC(c3ccc(NC(=O)C4CCN(c5cccnn5)C4)cc3)CC2)cc1. The molecule has 1 atom stereocenters. The van der Waals surface area contributed by atoms with Crippen molar-refractivity contribution >= 4 is 23.3 Å². The van der Waals surface area contributed by atoms with Gasteiger partial charge >= 0.3 is 0 Å². The van der Waals surface area contributed by atoms with Crippen molar-refractivity contribution in [2.24, 2.45) is 5.92 Å². The highest BCUT2D eigenvalue weighted by molar-refractivity contribution is 5.94. The Balaban J connectivity index is 1.11. The number of rotatable bonds is 5. The van der Waals surface area contributed by atoms with Crippen molar-refractivity contribution in [1.29, 1.82) is 0 Å². The topological polar surface area (TPSA) is 78.4 Å². The maximum atomic E-state index is 13.0. The van der Waals surface area contributed by atoms with Crippen LogP contribution in [0.3, 0.4) is 0 Å². The summed E-state index contributed by atoms with van der Waals surface area (Å²) in [4.78, 5) is 30.0. The molecule has 2 saturated heterocycles. The van der Waals surface area contributed by atoms with Crippen molar-refractivity contribution in [2.75, 3.05) is 36.4 Å². The summed E-state index contributed by atoms with van der Waals surface area (Å²) in [6.07, 6.45) is 4.34. The van der Waals surface area contributed by atoms with Crippen LogP contribution in [-0.2, 0) is 10.2 Å². The normalized spacial score (nSPS) is 18.4. The van der Waals surface area contributed by atoms with Crippen LogP contribution in [0.1, 0.15) is 67.4 Å². The van der Waals surface area contributed by atoms with Gasteiger partial charge in [-0.25, -0.2) is 0 Å². The first kappa shape index (κ1) is 25.9. The highest BCUT2D eigenvalue weighted by Crippen LogP contribution is 2.30. The zero-order chi connectivity index (χ0) is 26.7. The van der Waals surface area contributed by atoms with Crippen molar-refractivity contribution in [3.05, 3.63) is 83.6 Å². The van der Waals surface area contributed by atoms with Gasteiger partial charge in [-0.2, -0.15) is 5.10 Å². The van der Waals surface area contributed by atoms with Crippen LogP contribution in [0.15, 0.2) is 66.9 Å². The Bertz CT molecular complexity index is 1240. The smallest absolute Gasteiger partial charge is 0.253 e. The number of hydrogen-bond donors (Lipinski definition) is 1. The van der Waals surface area contributed by atoms with E-state index in [4.69, 9.17) is 0 Å². The van der Waals surface area contributed by atoms with Crippen molar-refractivity contribution in [1.82, 2.24) is 15.1 Å². The second kappa shape index (κ2) is 10.9. The largest absolute Gasteiger partial charge is 0.354 e. The fourth-order valence-corrected chi connectivity index (χ4v) is 5.44. The number of likely N-dealkylation sites (tertiary alicyclic amines) is 1. The quantitative estimate of drug-likeness (QED) is 0.506. The van der Waals surface area contributed by atoms with E-state index in [0.717, 1.165) is 56.0 Å². The second-order valence-corrected chi connectivity index (χ2v) is 11.5. The van der Waals surface area contributed by atoms with E-state index in [2.05, 4.69) is 65.5 Å². The molecule has 0 aliphatic carbocycles. The summed E-state index contributed by atoms with van der Waals surface area (Å²) in [6.45, 7) is 9.51. The number of benzene rings is 2. The minimum atomic E-state index is -0.0665. The number of carbonyl (C=O) groups is 2. The van der Waals surface area contributed by atoms with Gasteiger partial charge in [0.1, 0.15) is 0 Å². The number of piperidine rings is 1. The third kappa shape index (κ3) is 5.87. The van der Waals surface area contributed by atoms with Crippen LogP contribution in [0.25, 0.3) is 0 Å². The van der Waals surface area contributed by atoms with Gasteiger partial charge in [-0.3, -0.25) is 9.59 Å². The average Bonchev–Trinajstić information content (AvgIpc) is 3.44. The van der Waals surface area contributed by atoms with Crippen molar-refractivity contribution in [2.45, 2.75) is 51.4 Å². The van der Waals surface area contributed by atoms with Crippen LogP contribution < -0.4 is 10.2 Å². The van der Waals surface area contributed by atoms with Gasteiger partial charge in [0.25, 0.3) is 5.91 Å². The van der Waals surface area contributed by atoms with Crippen LogP contribution in [0.5, 0.6) is 0 Å². The third-order valence-corrected chi connectivity index (χ3v) is 7.87. The van der Waals surface area contributed by atoms with Gasteiger partial charge in [0.05, 0.1) is 5.92 Å². The predicted octanol–water partition coefficient (Wildman–Crippen LogP) is 5.26. The molecule has 2 aliphatic heterocycles. The molecule has 7 nitrogen and oxygen atoms in total. The Morgan fingerprint density at radius 3 is 2.24 bits per heavy atom. The lowest BCUT2D eigenvalue weighted by atomic mass is 9.86. The number of nitrogens with zero attached hydrogens (tertiary/aromatic N) is 4. The van der Waals surface area contributed by atoms with Gasteiger partial charge in [0, 0.05) is 43.6 Å². The molecule has 7 heteroatoms. The molecular weight excluding hydrogens is 474 g/mol. The van der Waals surface area contributed by atoms with Crippen molar-refractivity contribution in [3.8, 4) is 0 Å². The Hall–Kier alpha value is -3.74. The van der Waals surface area contributed by atoms with Gasteiger partial charge in [-0.1, -0.05) is 45.0 Å². The van der Waals surface area contributed by atoms with Crippen LogP contribution in [-0.4, -0.2) is 53.1 Å². The van der Waals surface area contributed by atoms with Crippen molar-refractivity contribution < 1.29 is 9.59 Å². The fourth-order valence-electron chi connectivity index (χ4n) is 5.44. The van der Waals surface area contributed by atoms with E-state index in [0.29, 0.717) is 12.5 Å². The van der Waals surface area contributed by atoms with E-state index in [-0.39, 0.29) is 23.1 Å². The molecule has 2 aliphatic rings.